The Kier molecular flexibility index (Phi) is 3.85. The summed E-state index contributed by atoms with van der Waals surface area (Å²) in [4.78, 5) is 0. The molecule has 0 bridgehead atoms. The average molecular weight is 233 g/mol. The van der Waals surface area contributed by atoms with Gasteiger partial charge in [0.25, 0.3) is 0 Å². The topological polar surface area (TPSA) is 21.3 Å². The van der Waals surface area contributed by atoms with Crippen molar-refractivity contribution < 1.29 is 4.74 Å². The maximum atomic E-state index is 5.55. The average Bonchev–Trinajstić information content (AvgIpc) is 2.32. The lowest BCUT2D eigenvalue weighted by Gasteiger charge is -2.34. The normalized spacial score (nSPS) is 24.9. The van der Waals surface area contributed by atoms with E-state index in [1.54, 1.807) is 0 Å². The molecule has 2 heteroatoms. The molecule has 17 heavy (non-hydrogen) atoms. The summed E-state index contributed by atoms with van der Waals surface area (Å²) in [7, 11) is 0. The van der Waals surface area contributed by atoms with Gasteiger partial charge in [-0.1, -0.05) is 18.2 Å². The largest absolute Gasteiger partial charge is 0.380 e. The highest BCUT2D eigenvalue weighted by atomic mass is 16.5. The molecule has 0 spiro atoms. The first-order valence-electron chi connectivity index (χ1n) is 6.48. The summed E-state index contributed by atoms with van der Waals surface area (Å²) >= 11 is 0. The first-order chi connectivity index (χ1) is 8.09. The maximum Gasteiger partial charge on any atom is 0.0645 e. The molecular formula is C15H23NO. The first kappa shape index (κ1) is 12.6. The summed E-state index contributed by atoms with van der Waals surface area (Å²) in [6.07, 6.45) is 2.37. The standard InChI is InChI=1S/C15H23NO/c1-12-5-6-14(9-13(12)2)10-16-15(3)7-4-8-17-11-15/h5-6,9,16H,4,7-8,10-11H2,1-3H3. The zero-order valence-corrected chi connectivity index (χ0v) is 11.2. The number of nitrogens with one attached hydrogen (secondary N) is 1. The lowest BCUT2D eigenvalue weighted by atomic mass is 9.94. The third kappa shape index (κ3) is 3.30. The Hall–Kier alpha value is -0.860. The maximum absolute atomic E-state index is 5.55. The van der Waals surface area contributed by atoms with Crippen molar-refractivity contribution in [2.75, 3.05) is 13.2 Å². The van der Waals surface area contributed by atoms with E-state index in [4.69, 9.17) is 4.74 Å². The highest BCUT2D eigenvalue weighted by Crippen LogP contribution is 2.19. The van der Waals surface area contributed by atoms with E-state index >= 15 is 0 Å². The summed E-state index contributed by atoms with van der Waals surface area (Å²) in [5.41, 5.74) is 4.24. The lowest BCUT2D eigenvalue weighted by Crippen LogP contribution is -2.48. The van der Waals surface area contributed by atoms with E-state index in [-0.39, 0.29) is 5.54 Å². The second-order valence-corrected chi connectivity index (χ2v) is 5.49. The van der Waals surface area contributed by atoms with Crippen LogP contribution in [-0.2, 0) is 11.3 Å². The van der Waals surface area contributed by atoms with Crippen LogP contribution in [0.5, 0.6) is 0 Å². The number of benzene rings is 1. The zero-order valence-electron chi connectivity index (χ0n) is 11.2. The number of aryl methyl sites for hydroxylation is 2. The van der Waals surface area contributed by atoms with Crippen LogP contribution in [0.3, 0.4) is 0 Å². The molecule has 0 aliphatic carbocycles. The van der Waals surface area contributed by atoms with E-state index < -0.39 is 0 Å². The third-order valence-electron chi connectivity index (χ3n) is 3.73. The third-order valence-corrected chi connectivity index (χ3v) is 3.73. The van der Waals surface area contributed by atoms with Crippen LogP contribution in [0.15, 0.2) is 18.2 Å². The molecule has 2 rings (SSSR count). The Labute approximate surface area is 104 Å². The highest BCUT2D eigenvalue weighted by molar-refractivity contribution is 5.29. The fourth-order valence-corrected chi connectivity index (χ4v) is 2.30. The van der Waals surface area contributed by atoms with Gasteiger partial charge in [-0.2, -0.15) is 0 Å². The fraction of sp³-hybridized carbons (Fsp3) is 0.600. The van der Waals surface area contributed by atoms with Gasteiger partial charge in [0, 0.05) is 18.7 Å². The molecule has 0 radical (unpaired) electrons. The second kappa shape index (κ2) is 5.19. The van der Waals surface area contributed by atoms with Crippen LogP contribution in [0.25, 0.3) is 0 Å². The van der Waals surface area contributed by atoms with Gasteiger partial charge < -0.3 is 10.1 Å². The quantitative estimate of drug-likeness (QED) is 0.866. The number of hydrogen-bond acceptors (Lipinski definition) is 2. The summed E-state index contributed by atoms with van der Waals surface area (Å²) in [5.74, 6) is 0. The molecule has 1 unspecified atom stereocenters. The molecule has 1 saturated heterocycles. The van der Waals surface area contributed by atoms with Crippen LogP contribution >= 0.6 is 0 Å². The van der Waals surface area contributed by atoms with Crippen molar-refractivity contribution in [3.8, 4) is 0 Å². The lowest BCUT2D eigenvalue weighted by molar-refractivity contribution is 0.0278. The predicted molar refractivity (Wildman–Crippen MR) is 71.2 cm³/mol. The minimum atomic E-state index is 0.150. The van der Waals surface area contributed by atoms with Crippen molar-refractivity contribution in [1.29, 1.82) is 0 Å². The van der Waals surface area contributed by atoms with E-state index in [9.17, 15) is 0 Å². The fourth-order valence-electron chi connectivity index (χ4n) is 2.30. The molecule has 1 fully saturated rings. The Bertz CT molecular complexity index is 381. The van der Waals surface area contributed by atoms with Gasteiger partial charge in [0.15, 0.2) is 0 Å². The van der Waals surface area contributed by atoms with Crippen molar-refractivity contribution in [2.24, 2.45) is 0 Å². The first-order valence-corrected chi connectivity index (χ1v) is 6.48. The van der Waals surface area contributed by atoms with Gasteiger partial charge in [0.2, 0.25) is 0 Å². The zero-order chi connectivity index (χ0) is 12.3. The van der Waals surface area contributed by atoms with Crippen molar-refractivity contribution >= 4 is 0 Å². The van der Waals surface area contributed by atoms with Crippen molar-refractivity contribution in [3.63, 3.8) is 0 Å². The SMILES string of the molecule is Cc1ccc(CNC2(C)CCCOC2)cc1C. The molecule has 94 valence electrons. The van der Waals surface area contributed by atoms with Gasteiger partial charge in [-0.3, -0.25) is 0 Å². The minimum absolute atomic E-state index is 0.150. The van der Waals surface area contributed by atoms with Gasteiger partial charge in [0.1, 0.15) is 0 Å². The summed E-state index contributed by atoms with van der Waals surface area (Å²) in [6, 6.07) is 6.68. The molecule has 1 aromatic rings. The molecule has 0 saturated carbocycles. The van der Waals surface area contributed by atoms with Crippen LogP contribution in [0.2, 0.25) is 0 Å². The molecule has 0 aromatic heterocycles. The predicted octanol–water partition coefficient (Wildman–Crippen LogP) is 2.96. The van der Waals surface area contributed by atoms with E-state index in [0.29, 0.717) is 0 Å². The monoisotopic (exact) mass is 233 g/mol. The van der Waals surface area contributed by atoms with Gasteiger partial charge in [0.05, 0.1) is 6.61 Å². The summed E-state index contributed by atoms with van der Waals surface area (Å²) in [5, 5.41) is 3.64. The Morgan fingerprint density at radius 3 is 2.76 bits per heavy atom. The molecular weight excluding hydrogens is 210 g/mol. The minimum Gasteiger partial charge on any atom is -0.380 e. The molecule has 1 atom stereocenters. The number of rotatable bonds is 3. The smallest absolute Gasteiger partial charge is 0.0645 e. The molecule has 1 aliphatic heterocycles. The van der Waals surface area contributed by atoms with Crippen molar-refractivity contribution in [1.82, 2.24) is 5.32 Å². The summed E-state index contributed by atoms with van der Waals surface area (Å²) in [6.45, 7) is 9.26. The highest BCUT2D eigenvalue weighted by Gasteiger charge is 2.26. The molecule has 0 amide bonds. The van der Waals surface area contributed by atoms with Gasteiger partial charge in [-0.15, -0.1) is 0 Å². The number of hydrogen-bond donors (Lipinski definition) is 1. The molecule has 2 nitrogen and oxygen atoms in total. The number of ether oxygens (including phenoxy) is 1. The summed E-state index contributed by atoms with van der Waals surface area (Å²) < 4.78 is 5.55. The second-order valence-electron chi connectivity index (χ2n) is 5.49. The molecule has 1 N–H and O–H groups in total. The van der Waals surface area contributed by atoms with E-state index in [0.717, 1.165) is 26.2 Å². The molecule has 1 aliphatic rings. The van der Waals surface area contributed by atoms with Crippen molar-refractivity contribution in [2.45, 2.75) is 45.7 Å². The van der Waals surface area contributed by atoms with Gasteiger partial charge in [-0.05, 0) is 50.3 Å². The van der Waals surface area contributed by atoms with Gasteiger partial charge in [-0.25, -0.2) is 0 Å². The molecule has 1 aromatic carbocycles. The van der Waals surface area contributed by atoms with Crippen LogP contribution in [-0.4, -0.2) is 18.8 Å². The van der Waals surface area contributed by atoms with Crippen molar-refractivity contribution in [3.05, 3.63) is 34.9 Å². The van der Waals surface area contributed by atoms with Gasteiger partial charge >= 0.3 is 0 Å². The van der Waals surface area contributed by atoms with Crippen LogP contribution in [0.1, 0.15) is 36.5 Å². The Balaban J connectivity index is 1.94. The Morgan fingerprint density at radius 1 is 1.29 bits per heavy atom. The van der Waals surface area contributed by atoms with E-state index in [1.165, 1.54) is 23.1 Å². The Morgan fingerprint density at radius 2 is 2.12 bits per heavy atom. The van der Waals surface area contributed by atoms with Crippen LogP contribution in [0.4, 0.5) is 0 Å². The van der Waals surface area contributed by atoms with Crippen LogP contribution < -0.4 is 5.32 Å². The van der Waals surface area contributed by atoms with Crippen LogP contribution in [0, 0.1) is 13.8 Å². The molecule has 1 heterocycles. The van der Waals surface area contributed by atoms with E-state index in [2.05, 4.69) is 44.3 Å². The van der Waals surface area contributed by atoms with E-state index in [1.807, 2.05) is 0 Å².